The van der Waals surface area contributed by atoms with Crippen LogP contribution in [0.1, 0.15) is 27.5 Å². The van der Waals surface area contributed by atoms with Crippen molar-refractivity contribution < 1.29 is 17.6 Å². The van der Waals surface area contributed by atoms with Gasteiger partial charge in [0.05, 0.1) is 27.9 Å². The van der Waals surface area contributed by atoms with Gasteiger partial charge in [0.2, 0.25) is 0 Å². The van der Waals surface area contributed by atoms with Gasteiger partial charge < -0.3 is 4.90 Å². The fraction of sp³-hybridized carbons (Fsp3) is 0.273. The van der Waals surface area contributed by atoms with Crippen LogP contribution in [0.3, 0.4) is 0 Å². The molecule has 1 amide bonds. The molecule has 2 heterocycles. The number of halogens is 2. The minimum absolute atomic E-state index is 0.00587. The Morgan fingerprint density at radius 1 is 1.23 bits per heavy atom. The normalized spacial score (nSPS) is 17.6. The van der Waals surface area contributed by atoms with Gasteiger partial charge in [-0.15, -0.1) is 11.3 Å². The number of aryl methyl sites for hydroxylation is 1. The van der Waals surface area contributed by atoms with Crippen LogP contribution in [0.5, 0.6) is 0 Å². The van der Waals surface area contributed by atoms with Gasteiger partial charge >= 0.3 is 0 Å². The molecule has 1 aliphatic heterocycles. The van der Waals surface area contributed by atoms with Crippen molar-refractivity contribution in [2.45, 2.75) is 25.9 Å². The van der Waals surface area contributed by atoms with Crippen LogP contribution < -0.4 is 0 Å². The topological polar surface area (TPSA) is 67.3 Å². The van der Waals surface area contributed by atoms with E-state index in [4.69, 9.17) is 11.6 Å². The number of sulfone groups is 1. The maximum atomic E-state index is 14.5. The smallest absolute Gasteiger partial charge is 0.274 e. The number of nitrogens with zero attached hydrogens (tertiary/aromatic N) is 2. The first-order valence-electron chi connectivity index (χ1n) is 9.72. The number of benzene rings is 2. The molecule has 2 aromatic carbocycles. The average Bonchev–Trinajstić information content (AvgIpc) is 3.30. The second kappa shape index (κ2) is 8.68. The highest BCUT2D eigenvalue weighted by Gasteiger charge is 2.37. The fourth-order valence-corrected chi connectivity index (χ4v) is 6.60. The number of carbonyl (C=O) groups excluding carboxylic acids is 1. The quantitative estimate of drug-likeness (QED) is 0.531. The number of thiazole rings is 1. The number of carbonyl (C=O) groups is 1. The Bertz CT molecular complexity index is 1210. The van der Waals surface area contributed by atoms with Crippen molar-refractivity contribution in [3.05, 3.63) is 75.6 Å². The van der Waals surface area contributed by atoms with Crippen molar-refractivity contribution in [1.29, 1.82) is 0 Å². The van der Waals surface area contributed by atoms with E-state index in [2.05, 4.69) is 4.98 Å². The lowest BCUT2D eigenvalue weighted by Gasteiger charge is -2.28. The summed E-state index contributed by atoms with van der Waals surface area (Å²) in [4.78, 5) is 20.3. The molecule has 1 saturated heterocycles. The molecule has 0 aliphatic carbocycles. The predicted octanol–water partition coefficient (Wildman–Crippen LogP) is 4.74. The van der Waals surface area contributed by atoms with E-state index in [9.17, 15) is 17.6 Å². The van der Waals surface area contributed by atoms with Crippen LogP contribution in [0.15, 0.2) is 48.5 Å². The number of amides is 1. The largest absolute Gasteiger partial charge is 0.329 e. The van der Waals surface area contributed by atoms with Crippen LogP contribution in [-0.2, 0) is 16.4 Å². The molecular weight excluding hydrogens is 459 g/mol. The first-order valence-corrected chi connectivity index (χ1v) is 12.7. The molecule has 1 aromatic heterocycles. The molecule has 0 saturated carbocycles. The Morgan fingerprint density at radius 3 is 2.61 bits per heavy atom. The van der Waals surface area contributed by atoms with Crippen LogP contribution >= 0.6 is 22.9 Å². The lowest BCUT2D eigenvalue weighted by Crippen LogP contribution is -2.41. The first kappa shape index (κ1) is 21.9. The maximum absolute atomic E-state index is 14.5. The van der Waals surface area contributed by atoms with E-state index in [0.29, 0.717) is 16.3 Å². The highest BCUT2D eigenvalue weighted by molar-refractivity contribution is 7.91. The Kier molecular flexibility index (Phi) is 6.14. The highest BCUT2D eigenvalue weighted by Crippen LogP contribution is 2.33. The fourth-order valence-electron chi connectivity index (χ4n) is 3.73. The summed E-state index contributed by atoms with van der Waals surface area (Å²) in [5, 5.41) is 0.904. The number of hydrogen-bond acceptors (Lipinski definition) is 5. The summed E-state index contributed by atoms with van der Waals surface area (Å²) in [6.45, 7) is 1.68. The van der Waals surface area contributed by atoms with Gasteiger partial charge in [0.15, 0.2) is 9.84 Å². The van der Waals surface area contributed by atoms with Crippen LogP contribution in [0, 0.1) is 12.7 Å². The van der Waals surface area contributed by atoms with Crippen LogP contribution in [0.2, 0.25) is 5.02 Å². The van der Waals surface area contributed by atoms with E-state index in [1.807, 2.05) is 37.3 Å². The molecular formula is C22H20ClFN2O3S2. The molecule has 0 bridgehead atoms. The third-order valence-electron chi connectivity index (χ3n) is 5.27. The van der Waals surface area contributed by atoms with E-state index in [1.165, 1.54) is 28.4 Å². The molecule has 4 rings (SSSR count). The minimum Gasteiger partial charge on any atom is -0.329 e. The molecule has 0 N–H and O–H groups in total. The molecule has 3 aromatic rings. The summed E-state index contributed by atoms with van der Waals surface area (Å²) in [6, 6.07) is 13.2. The highest BCUT2D eigenvalue weighted by atomic mass is 35.5. The molecule has 0 spiro atoms. The second-order valence-electron chi connectivity index (χ2n) is 7.47. The van der Waals surface area contributed by atoms with E-state index >= 15 is 0 Å². The second-order valence-corrected chi connectivity index (χ2v) is 11.3. The molecule has 162 valence electrons. The lowest BCUT2D eigenvalue weighted by atomic mass is 10.1. The van der Waals surface area contributed by atoms with Crippen molar-refractivity contribution in [1.82, 2.24) is 9.88 Å². The number of hydrogen-bond donors (Lipinski definition) is 0. The van der Waals surface area contributed by atoms with E-state index in [0.717, 1.165) is 5.56 Å². The third kappa shape index (κ3) is 4.66. The molecule has 1 atom stereocenters. The molecule has 5 nitrogen and oxygen atoms in total. The predicted molar refractivity (Wildman–Crippen MR) is 121 cm³/mol. The van der Waals surface area contributed by atoms with Gasteiger partial charge in [-0.2, -0.15) is 0 Å². The summed E-state index contributed by atoms with van der Waals surface area (Å²) in [7, 11) is -3.26. The van der Waals surface area contributed by atoms with Crippen LogP contribution in [-0.4, -0.2) is 41.8 Å². The van der Waals surface area contributed by atoms with Crippen molar-refractivity contribution in [3.63, 3.8) is 0 Å². The summed E-state index contributed by atoms with van der Waals surface area (Å²) in [5.74, 6) is -1.13. The van der Waals surface area contributed by atoms with E-state index in [-0.39, 0.29) is 34.3 Å². The van der Waals surface area contributed by atoms with E-state index in [1.54, 1.807) is 6.07 Å². The van der Waals surface area contributed by atoms with Gasteiger partial charge in [-0.05, 0) is 31.0 Å². The summed E-state index contributed by atoms with van der Waals surface area (Å²) in [6.07, 6.45) is 0.296. The van der Waals surface area contributed by atoms with Gasteiger partial charge in [0.1, 0.15) is 11.5 Å². The van der Waals surface area contributed by atoms with Gasteiger partial charge in [0, 0.05) is 16.6 Å². The van der Waals surface area contributed by atoms with Gasteiger partial charge in [-0.25, -0.2) is 17.8 Å². The summed E-state index contributed by atoms with van der Waals surface area (Å²) in [5.41, 5.74) is 1.25. The van der Waals surface area contributed by atoms with Crippen molar-refractivity contribution in [2.75, 3.05) is 11.5 Å². The SMILES string of the molecule is Cc1nc(C(=O)N(Cc2c(F)cccc2Cl)C2CCS(=O)(=O)C2)c(-c2ccccc2)s1. The molecule has 1 fully saturated rings. The Hall–Kier alpha value is -2.29. The van der Waals surface area contributed by atoms with Gasteiger partial charge in [0.25, 0.3) is 5.91 Å². The average molecular weight is 479 g/mol. The van der Waals surface area contributed by atoms with Crippen molar-refractivity contribution >= 4 is 38.7 Å². The summed E-state index contributed by atoms with van der Waals surface area (Å²) < 4.78 is 38.8. The van der Waals surface area contributed by atoms with Gasteiger partial charge in [-0.1, -0.05) is 48.0 Å². The van der Waals surface area contributed by atoms with Crippen LogP contribution in [0.25, 0.3) is 10.4 Å². The Balaban J connectivity index is 1.77. The number of rotatable bonds is 5. The van der Waals surface area contributed by atoms with Gasteiger partial charge in [-0.3, -0.25) is 4.79 Å². The zero-order chi connectivity index (χ0) is 22.2. The van der Waals surface area contributed by atoms with Crippen molar-refractivity contribution in [2.24, 2.45) is 0 Å². The first-order chi connectivity index (χ1) is 14.7. The number of aromatic nitrogens is 1. The standard InChI is InChI=1S/C22H20ClFN2O3S2/c1-14-25-20(21(30-14)15-6-3-2-4-7-15)22(27)26(16-10-11-31(28,29)13-16)12-17-18(23)8-5-9-19(17)24/h2-9,16H,10-13H2,1H3. The zero-order valence-electron chi connectivity index (χ0n) is 16.7. The molecule has 0 radical (unpaired) electrons. The monoisotopic (exact) mass is 478 g/mol. The van der Waals surface area contributed by atoms with Crippen molar-refractivity contribution in [3.8, 4) is 10.4 Å². The molecule has 31 heavy (non-hydrogen) atoms. The zero-order valence-corrected chi connectivity index (χ0v) is 19.1. The van der Waals surface area contributed by atoms with E-state index < -0.39 is 27.6 Å². The molecule has 9 heteroatoms. The lowest BCUT2D eigenvalue weighted by molar-refractivity contribution is 0.0674. The van der Waals surface area contributed by atoms with Crippen LogP contribution in [0.4, 0.5) is 4.39 Å². The minimum atomic E-state index is -3.26. The molecule has 1 aliphatic rings. The Morgan fingerprint density at radius 2 is 1.97 bits per heavy atom. The maximum Gasteiger partial charge on any atom is 0.274 e. The Labute approximate surface area is 189 Å². The summed E-state index contributed by atoms with van der Waals surface area (Å²) >= 11 is 7.60. The third-order valence-corrected chi connectivity index (χ3v) is 8.40. The molecule has 1 unspecified atom stereocenters.